The van der Waals surface area contributed by atoms with Crippen LogP contribution in [0.1, 0.15) is 35.7 Å². The highest BCUT2D eigenvalue weighted by Gasteiger charge is 2.08. The molecule has 106 valence electrons. The summed E-state index contributed by atoms with van der Waals surface area (Å²) >= 11 is 1.85. The number of thioether (sulfide) groups is 1. The number of aryl methyl sites for hydroxylation is 1. The van der Waals surface area contributed by atoms with Gasteiger partial charge in [0.2, 0.25) is 0 Å². The molecule has 0 saturated heterocycles. The minimum atomic E-state index is 0.0321. The van der Waals surface area contributed by atoms with Crippen molar-refractivity contribution in [3.8, 4) is 0 Å². The van der Waals surface area contributed by atoms with Gasteiger partial charge in [-0.1, -0.05) is 0 Å². The van der Waals surface area contributed by atoms with Crippen LogP contribution in [-0.4, -0.2) is 31.0 Å². The van der Waals surface area contributed by atoms with E-state index in [1.54, 1.807) is 0 Å². The van der Waals surface area contributed by atoms with Crippen LogP contribution in [0.3, 0.4) is 0 Å². The van der Waals surface area contributed by atoms with Crippen molar-refractivity contribution in [2.45, 2.75) is 26.7 Å². The molecule has 4 heteroatoms. The largest absolute Gasteiger partial charge is 0.385 e. The van der Waals surface area contributed by atoms with Crippen LogP contribution in [0.5, 0.6) is 0 Å². The molecule has 19 heavy (non-hydrogen) atoms. The van der Waals surface area contributed by atoms with E-state index < -0.39 is 0 Å². The van der Waals surface area contributed by atoms with Gasteiger partial charge in [-0.3, -0.25) is 4.79 Å². The molecular formula is C15H24N2OS. The molecule has 0 heterocycles. The van der Waals surface area contributed by atoms with Gasteiger partial charge in [0.1, 0.15) is 0 Å². The Morgan fingerprint density at radius 3 is 2.74 bits per heavy atom. The smallest absolute Gasteiger partial charge is 0.251 e. The zero-order chi connectivity index (χ0) is 14.1. The van der Waals surface area contributed by atoms with Gasteiger partial charge in [-0.25, -0.2) is 0 Å². The van der Waals surface area contributed by atoms with Gasteiger partial charge in [0, 0.05) is 24.3 Å². The molecule has 1 aromatic rings. The molecule has 0 atom stereocenters. The lowest BCUT2D eigenvalue weighted by molar-refractivity contribution is 0.0952. The van der Waals surface area contributed by atoms with E-state index in [0.29, 0.717) is 0 Å². The SMILES string of the molecule is CCNc1ccc(C(=O)NCCCCSC)c(C)c1. The molecule has 3 nitrogen and oxygen atoms in total. The molecule has 0 saturated carbocycles. The molecule has 2 N–H and O–H groups in total. The highest BCUT2D eigenvalue weighted by molar-refractivity contribution is 7.98. The Morgan fingerprint density at radius 1 is 1.32 bits per heavy atom. The van der Waals surface area contributed by atoms with Crippen LogP contribution in [0, 0.1) is 6.92 Å². The Morgan fingerprint density at radius 2 is 2.11 bits per heavy atom. The fourth-order valence-corrected chi connectivity index (χ4v) is 2.39. The fourth-order valence-electron chi connectivity index (χ4n) is 1.90. The van der Waals surface area contributed by atoms with Crippen LogP contribution in [0.25, 0.3) is 0 Å². The third-order valence-corrected chi connectivity index (χ3v) is 3.61. The van der Waals surface area contributed by atoms with Crippen LogP contribution >= 0.6 is 11.8 Å². The van der Waals surface area contributed by atoms with Crippen LogP contribution < -0.4 is 10.6 Å². The molecule has 0 aliphatic carbocycles. The van der Waals surface area contributed by atoms with Crippen molar-refractivity contribution in [1.82, 2.24) is 5.32 Å². The van der Waals surface area contributed by atoms with E-state index in [9.17, 15) is 4.79 Å². The molecule has 1 aromatic carbocycles. The number of rotatable bonds is 8. The number of amides is 1. The topological polar surface area (TPSA) is 41.1 Å². The van der Waals surface area contributed by atoms with E-state index in [1.165, 1.54) is 0 Å². The Labute approximate surface area is 120 Å². The first-order valence-electron chi connectivity index (χ1n) is 6.80. The van der Waals surface area contributed by atoms with Gasteiger partial charge in [0.25, 0.3) is 5.91 Å². The maximum absolute atomic E-state index is 12.0. The third kappa shape index (κ3) is 5.55. The summed E-state index contributed by atoms with van der Waals surface area (Å²) in [5.41, 5.74) is 2.85. The van der Waals surface area contributed by atoms with Gasteiger partial charge >= 0.3 is 0 Å². The summed E-state index contributed by atoms with van der Waals surface area (Å²) in [5.74, 6) is 1.19. The predicted molar refractivity (Wildman–Crippen MR) is 85.3 cm³/mol. The summed E-state index contributed by atoms with van der Waals surface area (Å²) in [6.45, 7) is 5.68. The number of carbonyl (C=O) groups is 1. The molecule has 0 unspecified atom stereocenters. The van der Waals surface area contributed by atoms with E-state index in [-0.39, 0.29) is 5.91 Å². The first-order valence-corrected chi connectivity index (χ1v) is 8.20. The lowest BCUT2D eigenvalue weighted by atomic mass is 10.1. The molecule has 0 radical (unpaired) electrons. The van der Waals surface area contributed by atoms with Crippen molar-refractivity contribution in [2.75, 3.05) is 30.4 Å². The van der Waals surface area contributed by atoms with E-state index in [0.717, 1.165) is 48.5 Å². The van der Waals surface area contributed by atoms with Gasteiger partial charge in [-0.05, 0) is 62.5 Å². The lowest BCUT2D eigenvalue weighted by Crippen LogP contribution is -2.25. The summed E-state index contributed by atoms with van der Waals surface area (Å²) in [7, 11) is 0. The maximum atomic E-state index is 12.0. The van der Waals surface area contributed by atoms with Crippen LogP contribution in [0.15, 0.2) is 18.2 Å². The number of carbonyl (C=O) groups excluding carboxylic acids is 1. The third-order valence-electron chi connectivity index (χ3n) is 2.91. The molecular weight excluding hydrogens is 256 g/mol. The maximum Gasteiger partial charge on any atom is 0.251 e. The second kappa shape index (κ2) is 8.86. The second-order valence-corrected chi connectivity index (χ2v) is 5.50. The zero-order valence-corrected chi connectivity index (χ0v) is 12.9. The van der Waals surface area contributed by atoms with Crippen molar-refractivity contribution in [1.29, 1.82) is 0 Å². The van der Waals surface area contributed by atoms with Gasteiger partial charge in [0.05, 0.1) is 0 Å². The van der Waals surface area contributed by atoms with Crippen molar-refractivity contribution in [3.05, 3.63) is 29.3 Å². The van der Waals surface area contributed by atoms with Crippen LogP contribution in [-0.2, 0) is 0 Å². The summed E-state index contributed by atoms with van der Waals surface area (Å²) < 4.78 is 0. The molecule has 1 amide bonds. The first kappa shape index (κ1) is 15.9. The number of benzene rings is 1. The minimum Gasteiger partial charge on any atom is -0.385 e. The van der Waals surface area contributed by atoms with Crippen molar-refractivity contribution in [2.24, 2.45) is 0 Å². The average molecular weight is 280 g/mol. The Balaban J connectivity index is 2.48. The molecule has 0 fully saturated rings. The highest BCUT2D eigenvalue weighted by atomic mass is 32.2. The Kier molecular flexibility index (Phi) is 7.41. The highest BCUT2D eigenvalue weighted by Crippen LogP contribution is 2.15. The zero-order valence-electron chi connectivity index (χ0n) is 12.1. The predicted octanol–water partition coefficient (Wildman–Crippen LogP) is 3.30. The van der Waals surface area contributed by atoms with E-state index in [4.69, 9.17) is 0 Å². The molecule has 0 aromatic heterocycles. The second-order valence-electron chi connectivity index (χ2n) is 4.52. The quantitative estimate of drug-likeness (QED) is 0.718. The lowest BCUT2D eigenvalue weighted by Gasteiger charge is -2.10. The van der Waals surface area contributed by atoms with Gasteiger partial charge in [-0.2, -0.15) is 11.8 Å². The molecule has 1 rings (SSSR count). The Bertz CT molecular complexity index is 407. The summed E-state index contributed by atoms with van der Waals surface area (Å²) in [6, 6.07) is 5.87. The molecule has 0 aliphatic heterocycles. The van der Waals surface area contributed by atoms with Crippen molar-refractivity contribution in [3.63, 3.8) is 0 Å². The summed E-state index contributed by atoms with van der Waals surface area (Å²) in [5, 5.41) is 6.23. The first-order chi connectivity index (χ1) is 9.19. The fraction of sp³-hybridized carbons (Fsp3) is 0.533. The minimum absolute atomic E-state index is 0.0321. The van der Waals surface area contributed by atoms with Gasteiger partial charge < -0.3 is 10.6 Å². The average Bonchev–Trinajstić information content (AvgIpc) is 2.39. The van der Waals surface area contributed by atoms with E-state index >= 15 is 0 Å². The van der Waals surface area contributed by atoms with E-state index in [1.807, 2.05) is 36.9 Å². The van der Waals surface area contributed by atoms with E-state index in [2.05, 4.69) is 23.8 Å². The van der Waals surface area contributed by atoms with Gasteiger partial charge in [-0.15, -0.1) is 0 Å². The number of nitrogens with one attached hydrogen (secondary N) is 2. The normalized spacial score (nSPS) is 10.3. The number of unbranched alkanes of at least 4 members (excludes halogenated alkanes) is 1. The van der Waals surface area contributed by atoms with Gasteiger partial charge in [0.15, 0.2) is 0 Å². The number of hydrogen-bond acceptors (Lipinski definition) is 3. The van der Waals surface area contributed by atoms with Crippen LogP contribution in [0.2, 0.25) is 0 Å². The number of anilines is 1. The molecule has 0 spiro atoms. The summed E-state index contributed by atoms with van der Waals surface area (Å²) in [6.07, 6.45) is 4.30. The molecule has 0 bridgehead atoms. The Hall–Kier alpha value is -1.16. The standard InChI is InChI=1S/C15H24N2OS/c1-4-16-13-7-8-14(12(2)11-13)15(18)17-9-5-6-10-19-3/h7-8,11,16H,4-6,9-10H2,1-3H3,(H,17,18). The van der Waals surface area contributed by atoms with Crippen LogP contribution in [0.4, 0.5) is 5.69 Å². The number of hydrogen-bond donors (Lipinski definition) is 2. The monoisotopic (exact) mass is 280 g/mol. The van der Waals surface area contributed by atoms with Crippen molar-refractivity contribution < 1.29 is 4.79 Å². The summed E-state index contributed by atoms with van der Waals surface area (Å²) in [4.78, 5) is 12.0. The molecule has 0 aliphatic rings. The van der Waals surface area contributed by atoms with Crippen molar-refractivity contribution >= 4 is 23.4 Å².